The van der Waals surface area contributed by atoms with Crippen LogP contribution in [-0.4, -0.2) is 16.9 Å². The smallest absolute Gasteiger partial charge is 0.416 e. The van der Waals surface area contributed by atoms with E-state index in [1.165, 1.54) is 30.3 Å². The van der Waals surface area contributed by atoms with Crippen LogP contribution in [0.4, 0.5) is 13.2 Å². The first-order chi connectivity index (χ1) is 11.7. The van der Waals surface area contributed by atoms with E-state index >= 15 is 0 Å². The lowest BCUT2D eigenvalue weighted by atomic mass is 10.1. The van der Waals surface area contributed by atoms with E-state index in [2.05, 4.69) is 10.9 Å². The largest absolute Gasteiger partial charge is 0.507 e. The number of phenols is 1. The Morgan fingerprint density at radius 1 is 1.04 bits per heavy atom. The van der Waals surface area contributed by atoms with Crippen LogP contribution in [0.25, 0.3) is 0 Å². The van der Waals surface area contributed by atoms with Gasteiger partial charge in [0.1, 0.15) is 5.75 Å². The van der Waals surface area contributed by atoms with Crippen LogP contribution in [-0.2, 0) is 17.4 Å². The van der Waals surface area contributed by atoms with Crippen LogP contribution in [0.3, 0.4) is 0 Å². The van der Waals surface area contributed by atoms with Gasteiger partial charge in [0.2, 0.25) is 5.91 Å². The second kappa shape index (κ2) is 7.43. The number of carbonyl (C=O) groups is 2. The lowest BCUT2D eigenvalue weighted by molar-refractivity contribution is -0.137. The lowest BCUT2D eigenvalue weighted by Crippen LogP contribution is -2.42. The molecule has 3 N–H and O–H groups in total. The first-order valence-electron chi connectivity index (χ1n) is 6.90. The molecule has 132 valence electrons. The summed E-state index contributed by atoms with van der Waals surface area (Å²) in [4.78, 5) is 23.6. The number of aromatic hydroxyl groups is 1. The van der Waals surface area contributed by atoms with E-state index in [1.807, 2.05) is 0 Å². The fourth-order valence-corrected chi connectivity index (χ4v) is 2.10. The number of hydrogen-bond acceptors (Lipinski definition) is 3. The topological polar surface area (TPSA) is 78.4 Å². The summed E-state index contributed by atoms with van der Waals surface area (Å²) >= 11 is 5.72. The van der Waals surface area contributed by atoms with Crippen LogP contribution in [0, 0.1) is 0 Å². The summed E-state index contributed by atoms with van der Waals surface area (Å²) in [6.07, 6.45) is -4.69. The number of rotatable bonds is 3. The number of alkyl halides is 3. The molecule has 0 fully saturated rings. The van der Waals surface area contributed by atoms with Crippen molar-refractivity contribution in [1.29, 1.82) is 0 Å². The van der Waals surface area contributed by atoms with Gasteiger partial charge in [0.05, 0.1) is 17.5 Å². The molecule has 0 aromatic heterocycles. The van der Waals surface area contributed by atoms with E-state index in [9.17, 15) is 27.9 Å². The van der Waals surface area contributed by atoms with Crippen molar-refractivity contribution in [2.24, 2.45) is 0 Å². The SMILES string of the molecule is O=C(Cc1ccc(C(F)(F)F)cc1)NNC(=O)c1cc(Cl)ccc1O. The standard InChI is InChI=1S/C16H12ClF3N2O3/c17-11-5-6-13(23)12(8-11)15(25)22-21-14(24)7-9-1-3-10(4-2-9)16(18,19)20/h1-6,8,23H,7H2,(H,21,24)(H,22,25). The predicted octanol–water partition coefficient (Wildman–Crippen LogP) is 3.07. The van der Waals surface area contributed by atoms with Gasteiger partial charge in [-0.2, -0.15) is 13.2 Å². The minimum atomic E-state index is -4.45. The molecular weight excluding hydrogens is 361 g/mol. The Morgan fingerprint density at radius 3 is 2.28 bits per heavy atom. The van der Waals surface area contributed by atoms with Crippen LogP contribution in [0.15, 0.2) is 42.5 Å². The Kier molecular flexibility index (Phi) is 5.53. The Morgan fingerprint density at radius 2 is 1.68 bits per heavy atom. The van der Waals surface area contributed by atoms with Crippen molar-refractivity contribution >= 4 is 23.4 Å². The first-order valence-corrected chi connectivity index (χ1v) is 7.28. The molecule has 0 atom stereocenters. The summed E-state index contributed by atoms with van der Waals surface area (Å²) in [5.41, 5.74) is 3.57. The fraction of sp³-hybridized carbons (Fsp3) is 0.125. The zero-order valence-corrected chi connectivity index (χ0v) is 13.3. The molecule has 0 aliphatic heterocycles. The average Bonchev–Trinajstić information content (AvgIpc) is 2.54. The van der Waals surface area contributed by atoms with Crippen LogP contribution in [0.1, 0.15) is 21.5 Å². The minimum absolute atomic E-state index is 0.137. The number of amides is 2. The summed E-state index contributed by atoms with van der Waals surface area (Å²) < 4.78 is 37.4. The Hall–Kier alpha value is -2.74. The zero-order valence-electron chi connectivity index (χ0n) is 12.5. The van der Waals surface area contributed by atoms with Gasteiger partial charge in [-0.3, -0.25) is 20.4 Å². The maximum absolute atomic E-state index is 12.5. The third-order valence-corrected chi connectivity index (χ3v) is 3.40. The third kappa shape index (κ3) is 5.12. The van der Waals surface area contributed by atoms with E-state index in [-0.39, 0.29) is 22.8 Å². The van der Waals surface area contributed by atoms with Crippen molar-refractivity contribution in [3.63, 3.8) is 0 Å². The molecule has 0 spiro atoms. The normalized spacial score (nSPS) is 11.0. The zero-order chi connectivity index (χ0) is 18.6. The highest BCUT2D eigenvalue weighted by Gasteiger charge is 2.29. The molecule has 0 heterocycles. The molecule has 0 aliphatic carbocycles. The highest BCUT2D eigenvalue weighted by molar-refractivity contribution is 6.31. The second-order valence-electron chi connectivity index (χ2n) is 5.04. The number of hydrogen-bond donors (Lipinski definition) is 3. The second-order valence-corrected chi connectivity index (χ2v) is 5.47. The van der Waals surface area contributed by atoms with Crippen LogP contribution in [0.5, 0.6) is 5.75 Å². The molecule has 0 unspecified atom stereocenters. The average molecular weight is 373 g/mol. The molecule has 0 bridgehead atoms. The molecule has 5 nitrogen and oxygen atoms in total. The molecule has 0 aliphatic rings. The van der Waals surface area contributed by atoms with Crippen molar-refractivity contribution < 1.29 is 27.9 Å². The third-order valence-electron chi connectivity index (χ3n) is 3.16. The molecule has 2 amide bonds. The van der Waals surface area contributed by atoms with Gasteiger partial charge in [0.15, 0.2) is 0 Å². The Labute approximate surface area is 145 Å². The molecule has 2 aromatic rings. The minimum Gasteiger partial charge on any atom is -0.507 e. The van der Waals surface area contributed by atoms with Gasteiger partial charge in [-0.1, -0.05) is 23.7 Å². The molecule has 9 heteroatoms. The van der Waals surface area contributed by atoms with Crippen molar-refractivity contribution in [3.8, 4) is 5.75 Å². The summed E-state index contributed by atoms with van der Waals surface area (Å²) in [5.74, 6) is -1.76. The van der Waals surface area contributed by atoms with Crippen LogP contribution in [0.2, 0.25) is 5.02 Å². The van der Waals surface area contributed by atoms with Gasteiger partial charge >= 0.3 is 6.18 Å². The summed E-state index contributed by atoms with van der Waals surface area (Å²) in [5, 5.41) is 9.79. The van der Waals surface area contributed by atoms with E-state index in [0.717, 1.165) is 12.1 Å². The lowest BCUT2D eigenvalue weighted by Gasteiger charge is -2.10. The predicted molar refractivity (Wildman–Crippen MR) is 83.9 cm³/mol. The number of hydrazine groups is 1. The van der Waals surface area contributed by atoms with E-state index in [0.29, 0.717) is 5.56 Å². The molecular formula is C16H12ClF3N2O3. The maximum atomic E-state index is 12.5. The van der Waals surface area contributed by atoms with E-state index in [1.54, 1.807) is 0 Å². The number of phenolic OH excluding ortho intramolecular Hbond substituents is 1. The highest BCUT2D eigenvalue weighted by atomic mass is 35.5. The summed E-state index contributed by atoms with van der Waals surface area (Å²) in [7, 11) is 0. The van der Waals surface area contributed by atoms with Gasteiger partial charge in [0.25, 0.3) is 5.91 Å². The number of carbonyl (C=O) groups excluding carboxylic acids is 2. The molecule has 0 radical (unpaired) electrons. The molecule has 2 aromatic carbocycles. The van der Waals surface area contributed by atoms with E-state index < -0.39 is 23.6 Å². The number of halogens is 4. The fourth-order valence-electron chi connectivity index (χ4n) is 1.93. The van der Waals surface area contributed by atoms with Gasteiger partial charge in [-0.25, -0.2) is 0 Å². The maximum Gasteiger partial charge on any atom is 0.416 e. The van der Waals surface area contributed by atoms with Crippen LogP contribution < -0.4 is 10.9 Å². The van der Waals surface area contributed by atoms with Gasteiger partial charge in [-0.05, 0) is 35.9 Å². The summed E-state index contributed by atoms with van der Waals surface area (Å²) in [6, 6.07) is 7.91. The molecule has 0 saturated heterocycles. The first kappa shape index (κ1) is 18.6. The van der Waals surface area contributed by atoms with Gasteiger partial charge < -0.3 is 5.11 Å². The van der Waals surface area contributed by atoms with Gasteiger partial charge in [-0.15, -0.1) is 0 Å². The molecule has 25 heavy (non-hydrogen) atoms. The Balaban J connectivity index is 1.92. The van der Waals surface area contributed by atoms with Crippen molar-refractivity contribution in [3.05, 3.63) is 64.2 Å². The van der Waals surface area contributed by atoms with E-state index in [4.69, 9.17) is 11.6 Å². The quantitative estimate of drug-likeness (QED) is 0.724. The monoisotopic (exact) mass is 372 g/mol. The molecule has 0 saturated carbocycles. The van der Waals surface area contributed by atoms with Crippen LogP contribution >= 0.6 is 11.6 Å². The van der Waals surface area contributed by atoms with Crippen molar-refractivity contribution in [2.45, 2.75) is 12.6 Å². The number of benzene rings is 2. The van der Waals surface area contributed by atoms with Gasteiger partial charge in [0, 0.05) is 5.02 Å². The summed E-state index contributed by atoms with van der Waals surface area (Å²) in [6.45, 7) is 0. The van der Waals surface area contributed by atoms with Crippen molar-refractivity contribution in [2.75, 3.05) is 0 Å². The van der Waals surface area contributed by atoms with Crippen molar-refractivity contribution in [1.82, 2.24) is 10.9 Å². The Bertz CT molecular complexity index is 792. The molecule has 2 rings (SSSR count). The number of nitrogens with one attached hydrogen (secondary N) is 2. The highest BCUT2D eigenvalue weighted by Crippen LogP contribution is 2.29.